The number of hydrogen-bond donors (Lipinski definition) is 1. The number of methoxy groups -OCH3 is 1. The minimum Gasteiger partial charge on any atom is -0.497 e. The molecule has 4 aromatic rings. The van der Waals surface area contributed by atoms with Gasteiger partial charge in [0.15, 0.2) is 0 Å². The molecule has 1 amide bonds. The number of carbonyl (C=O) groups excluding carboxylic acids is 1. The molecule has 2 aromatic carbocycles. The fraction of sp³-hybridized carbons (Fsp3) is 0.0476. The van der Waals surface area contributed by atoms with Gasteiger partial charge in [-0.3, -0.25) is 9.78 Å². The molecule has 0 aliphatic heterocycles. The first-order valence-corrected chi connectivity index (χ1v) is 8.54. The molecule has 2 aromatic heterocycles. The summed E-state index contributed by atoms with van der Waals surface area (Å²) in [5.74, 6) is 1.30. The van der Waals surface area contributed by atoms with Crippen LogP contribution < -0.4 is 10.1 Å². The zero-order valence-electron chi connectivity index (χ0n) is 15.0. The van der Waals surface area contributed by atoms with Gasteiger partial charge in [0, 0.05) is 23.0 Å². The summed E-state index contributed by atoms with van der Waals surface area (Å²) >= 11 is 0. The maximum absolute atomic E-state index is 12.3. The Kier molecular flexibility index (Phi) is 4.79. The lowest BCUT2D eigenvalue weighted by Gasteiger charge is -2.05. The maximum Gasteiger partial charge on any atom is 0.274 e. The highest BCUT2D eigenvalue weighted by Crippen LogP contribution is 2.25. The standard InChI is InChI=1S/C21H16N4O3/c1-27-17-10-8-14(9-11-17)19-24-21(28-25-19)15-5-4-6-16(13-15)23-20(26)18-7-2-3-12-22-18/h2-13H,1H3,(H,23,26). The van der Waals surface area contributed by atoms with E-state index in [2.05, 4.69) is 20.4 Å². The molecule has 0 aliphatic rings. The number of aromatic nitrogens is 3. The monoisotopic (exact) mass is 372 g/mol. The lowest BCUT2D eigenvalue weighted by molar-refractivity contribution is 0.102. The van der Waals surface area contributed by atoms with E-state index in [1.54, 1.807) is 49.7 Å². The van der Waals surface area contributed by atoms with Crippen molar-refractivity contribution in [2.75, 3.05) is 12.4 Å². The van der Waals surface area contributed by atoms with Crippen LogP contribution in [0.2, 0.25) is 0 Å². The Labute approximate surface area is 161 Å². The van der Waals surface area contributed by atoms with Gasteiger partial charge in [-0.05, 0) is 54.6 Å². The molecule has 7 nitrogen and oxygen atoms in total. The molecule has 7 heteroatoms. The molecular weight excluding hydrogens is 356 g/mol. The number of ether oxygens (including phenoxy) is 1. The summed E-state index contributed by atoms with van der Waals surface area (Å²) in [6.07, 6.45) is 1.57. The van der Waals surface area contributed by atoms with Crippen LogP contribution in [0.4, 0.5) is 5.69 Å². The Morgan fingerprint density at radius 2 is 1.86 bits per heavy atom. The largest absolute Gasteiger partial charge is 0.497 e. The quantitative estimate of drug-likeness (QED) is 0.568. The van der Waals surface area contributed by atoms with Crippen LogP contribution >= 0.6 is 0 Å². The molecule has 0 radical (unpaired) electrons. The van der Waals surface area contributed by atoms with Crippen molar-refractivity contribution in [2.45, 2.75) is 0 Å². The van der Waals surface area contributed by atoms with E-state index in [0.29, 0.717) is 28.7 Å². The number of anilines is 1. The van der Waals surface area contributed by atoms with E-state index < -0.39 is 0 Å². The average molecular weight is 372 g/mol. The Morgan fingerprint density at radius 1 is 1.00 bits per heavy atom. The summed E-state index contributed by atoms with van der Waals surface area (Å²) in [4.78, 5) is 20.8. The molecule has 0 saturated heterocycles. The molecule has 1 N–H and O–H groups in total. The van der Waals surface area contributed by atoms with Crippen LogP contribution in [0.25, 0.3) is 22.8 Å². The van der Waals surface area contributed by atoms with Gasteiger partial charge in [0.1, 0.15) is 11.4 Å². The molecule has 138 valence electrons. The number of amides is 1. The van der Waals surface area contributed by atoms with E-state index in [0.717, 1.165) is 11.3 Å². The number of carbonyl (C=O) groups is 1. The normalized spacial score (nSPS) is 10.5. The Hall–Kier alpha value is -4.00. The number of pyridine rings is 1. The van der Waals surface area contributed by atoms with Crippen LogP contribution in [0.5, 0.6) is 5.75 Å². The summed E-state index contributed by atoms with van der Waals surface area (Å²) in [6.45, 7) is 0. The lowest BCUT2D eigenvalue weighted by Crippen LogP contribution is -2.13. The molecule has 0 atom stereocenters. The van der Waals surface area contributed by atoms with Gasteiger partial charge in [0.2, 0.25) is 5.82 Å². The van der Waals surface area contributed by atoms with Gasteiger partial charge < -0.3 is 14.6 Å². The molecule has 0 saturated carbocycles. The number of benzene rings is 2. The fourth-order valence-electron chi connectivity index (χ4n) is 2.62. The first-order chi connectivity index (χ1) is 13.7. The van der Waals surface area contributed by atoms with Gasteiger partial charge in [0.25, 0.3) is 11.8 Å². The zero-order valence-corrected chi connectivity index (χ0v) is 15.0. The molecule has 0 bridgehead atoms. The van der Waals surface area contributed by atoms with Gasteiger partial charge in [-0.2, -0.15) is 4.98 Å². The maximum atomic E-state index is 12.3. The summed E-state index contributed by atoms with van der Waals surface area (Å²) in [5, 5.41) is 6.85. The van der Waals surface area contributed by atoms with Crippen molar-refractivity contribution in [3.63, 3.8) is 0 Å². The van der Waals surface area contributed by atoms with Gasteiger partial charge >= 0.3 is 0 Å². The van der Waals surface area contributed by atoms with E-state index in [9.17, 15) is 4.79 Å². The van der Waals surface area contributed by atoms with Crippen LogP contribution in [-0.4, -0.2) is 28.1 Å². The second-order valence-electron chi connectivity index (χ2n) is 5.90. The molecule has 0 spiro atoms. The molecule has 2 heterocycles. The van der Waals surface area contributed by atoms with E-state index in [4.69, 9.17) is 9.26 Å². The molecule has 28 heavy (non-hydrogen) atoms. The first kappa shape index (κ1) is 17.4. The third-order valence-electron chi connectivity index (χ3n) is 4.04. The highest BCUT2D eigenvalue weighted by atomic mass is 16.5. The van der Waals surface area contributed by atoms with Crippen molar-refractivity contribution in [2.24, 2.45) is 0 Å². The minimum absolute atomic E-state index is 0.290. The van der Waals surface area contributed by atoms with Gasteiger partial charge in [-0.1, -0.05) is 17.3 Å². The Bertz CT molecular complexity index is 1090. The predicted octanol–water partition coefficient (Wildman–Crippen LogP) is 4.06. The smallest absolute Gasteiger partial charge is 0.274 e. The van der Waals surface area contributed by atoms with Crippen LogP contribution in [-0.2, 0) is 0 Å². The van der Waals surface area contributed by atoms with E-state index in [1.165, 1.54) is 0 Å². The number of nitrogens with zero attached hydrogens (tertiary/aromatic N) is 3. The van der Waals surface area contributed by atoms with Crippen molar-refractivity contribution in [3.8, 4) is 28.6 Å². The van der Waals surface area contributed by atoms with E-state index in [1.807, 2.05) is 30.3 Å². The average Bonchev–Trinajstić information content (AvgIpc) is 3.25. The summed E-state index contributed by atoms with van der Waals surface area (Å²) in [6, 6.07) is 19.7. The van der Waals surface area contributed by atoms with Crippen molar-refractivity contribution in [3.05, 3.63) is 78.6 Å². The predicted molar refractivity (Wildman–Crippen MR) is 104 cm³/mol. The van der Waals surface area contributed by atoms with Gasteiger partial charge in [-0.25, -0.2) is 0 Å². The van der Waals surface area contributed by atoms with Crippen LogP contribution in [0.3, 0.4) is 0 Å². The van der Waals surface area contributed by atoms with Crippen LogP contribution in [0.15, 0.2) is 77.4 Å². The van der Waals surface area contributed by atoms with Crippen molar-refractivity contribution in [1.29, 1.82) is 0 Å². The number of rotatable bonds is 5. The molecule has 4 rings (SSSR count). The Morgan fingerprint density at radius 3 is 2.61 bits per heavy atom. The zero-order chi connectivity index (χ0) is 19.3. The van der Waals surface area contributed by atoms with Gasteiger partial charge in [0.05, 0.1) is 7.11 Å². The van der Waals surface area contributed by atoms with E-state index >= 15 is 0 Å². The SMILES string of the molecule is COc1ccc(-c2noc(-c3cccc(NC(=O)c4ccccn4)c3)n2)cc1. The number of nitrogens with one attached hydrogen (secondary N) is 1. The lowest BCUT2D eigenvalue weighted by atomic mass is 10.2. The topological polar surface area (TPSA) is 90.1 Å². The highest BCUT2D eigenvalue weighted by Gasteiger charge is 2.12. The summed E-state index contributed by atoms with van der Waals surface area (Å²) in [7, 11) is 1.61. The van der Waals surface area contributed by atoms with Crippen molar-refractivity contribution in [1.82, 2.24) is 15.1 Å². The van der Waals surface area contributed by atoms with Crippen molar-refractivity contribution >= 4 is 11.6 Å². The van der Waals surface area contributed by atoms with E-state index in [-0.39, 0.29) is 5.91 Å². The molecular formula is C21H16N4O3. The fourth-order valence-corrected chi connectivity index (χ4v) is 2.62. The summed E-state index contributed by atoms with van der Waals surface area (Å²) in [5.41, 5.74) is 2.46. The highest BCUT2D eigenvalue weighted by molar-refractivity contribution is 6.03. The van der Waals surface area contributed by atoms with Crippen molar-refractivity contribution < 1.29 is 14.1 Å². The second kappa shape index (κ2) is 7.71. The first-order valence-electron chi connectivity index (χ1n) is 8.54. The summed E-state index contributed by atoms with van der Waals surface area (Å²) < 4.78 is 10.5. The molecule has 0 fully saturated rings. The Balaban J connectivity index is 1.54. The minimum atomic E-state index is -0.290. The van der Waals surface area contributed by atoms with Crippen LogP contribution in [0, 0.1) is 0 Å². The molecule has 0 unspecified atom stereocenters. The number of hydrogen-bond acceptors (Lipinski definition) is 6. The van der Waals surface area contributed by atoms with Crippen LogP contribution in [0.1, 0.15) is 10.5 Å². The molecule has 0 aliphatic carbocycles. The second-order valence-corrected chi connectivity index (χ2v) is 5.90. The third kappa shape index (κ3) is 3.73. The third-order valence-corrected chi connectivity index (χ3v) is 4.04. The van der Waals surface area contributed by atoms with Gasteiger partial charge in [-0.15, -0.1) is 0 Å².